The number of ketones is 1. The van der Waals surface area contributed by atoms with E-state index in [1.54, 1.807) is 24.3 Å². The molecule has 19 heavy (non-hydrogen) atoms. The van der Waals surface area contributed by atoms with Gasteiger partial charge in [0.2, 0.25) is 0 Å². The normalized spacial score (nSPS) is 17.6. The van der Waals surface area contributed by atoms with Crippen molar-refractivity contribution in [3.8, 4) is 0 Å². The Morgan fingerprint density at radius 1 is 1.16 bits per heavy atom. The number of carbonyl (C=O) groups excluding carboxylic acids is 1. The second-order valence-electron chi connectivity index (χ2n) is 5.03. The molecule has 2 rings (SSSR count). The number of hydrogen-bond donors (Lipinski definition) is 0. The molecule has 1 aliphatic rings. The summed E-state index contributed by atoms with van der Waals surface area (Å²) in [6.45, 7) is 2.07. The number of hydrogen-bond acceptors (Lipinski definition) is 4. The van der Waals surface area contributed by atoms with Crippen LogP contribution in [-0.4, -0.2) is 20.8 Å². The van der Waals surface area contributed by atoms with Gasteiger partial charge in [0, 0.05) is 12.8 Å². The van der Waals surface area contributed by atoms with Crippen molar-refractivity contribution in [3.63, 3.8) is 0 Å². The highest BCUT2D eigenvalue weighted by Crippen LogP contribution is 2.23. The van der Waals surface area contributed by atoms with Gasteiger partial charge in [-0.15, -0.1) is 0 Å². The second-order valence-corrected chi connectivity index (χ2v) is 6.65. The summed E-state index contributed by atoms with van der Waals surface area (Å²) in [6.07, 6.45) is 2.53. The largest absolute Gasteiger partial charge is 0.300 e. The van der Waals surface area contributed by atoms with Gasteiger partial charge in [-0.2, -0.15) is 8.42 Å². The highest BCUT2D eigenvalue weighted by atomic mass is 32.2. The minimum Gasteiger partial charge on any atom is -0.300 e. The molecule has 0 bridgehead atoms. The topological polar surface area (TPSA) is 60.4 Å². The van der Waals surface area contributed by atoms with E-state index in [1.807, 2.05) is 6.92 Å². The first-order valence-corrected chi connectivity index (χ1v) is 7.86. The zero-order valence-corrected chi connectivity index (χ0v) is 11.8. The Balaban J connectivity index is 1.94. The van der Waals surface area contributed by atoms with Gasteiger partial charge in [-0.1, -0.05) is 17.7 Å². The highest BCUT2D eigenvalue weighted by Gasteiger charge is 2.22. The summed E-state index contributed by atoms with van der Waals surface area (Å²) in [7, 11) is -3.67. The molecule has 1 aliphatic carbocycles. The molecule has 0 spiro atoms. The van der Waals surface area contributed by atoms with Crippen LogP contribution >= 0.6 is 0 Å². The molecular formula is C14H18O4S. The van der Waals surface area contributed by atoms with Crippen molar-refractivity contribution >= 4 is 15.9 Å². The number of Topliss-reactive ketones (excluding diaryl/α,β-unsaturated/α-hetero) is 1. The Bertz CT molecular complexity index is 535. The molecule has 0 aliphatic heterocycles. The molecule has 104 valence electrons. The van der Waals surface area contributed by atoms with Crippen LogP contribution in [0.15, 0.2) is 29.2 Å². The Hall–Kier alpha value is -1.20. The van der Waals surface area contributed by atoms with E-state index in [4.69, 9.17) is 4.18 Å². The van der Waals surface area contributed by atoms with Gasteiger partial charge in [0.25, 0.3) is 10.1 Å². The van der Waals surface area contributed by atoms with Gasteiger partial charge in [-0.3, -0.25) is 8.98 Å². The van der Waals surface area contributed by atoms with Crippen LogP contribution in [0.4, 0.5) is 0 Å². The second kappa shape index (κ2) is 5.84. The lowest BCUT2D eigenvalue weighted by atomic mass is 9.89. The zero-order valence-electron chi connectivity index (χ0n) is 11.0. The first kappa shape index (κ1) is 14.2. The van der Waals surface area contributed by atoms with Crippen LogP contribution in [0.2, 0.25) is 0 Å². The van der Waals surface area contributed by atoms with Gasteiger partial charge in [-0.05, 0) is 37.8 Å². The molecule has 0 atom stereocenters. The van der Waals surface area contributed by atoms with Crippen LogP contribution in [0, 0.1) is 12.8 Å². The maximum absolute atomic E-state index is 12.0. The average Bonchev–Trinajstić information content (AvgIpc) is 2.39. The Labute approximate surface area is 113 Å². The molecule has 0 saturated heterocycles. The van der Waals surface area contributed by atoms with Gasteiger partial charge in [0.15, 0.2) is 0 Å². The molecule has 1 saturated carbocycles. The molecule has 0 unspecified atom stereocenters. The summed E-state index contributed by atoms with van der Waals surface area (Å²) in [5, 5.41) is 0. The molecule has 0 radical (unpaired) electrons. The molecule has 0 N–H and O–H groups in total. The van der Waals surface area contributed by atoms with Crippen LogP contribution in [0.1, 0.15) is 31.2 Å². The van der Waals surface area contributed by atoms with Crippen LogP contribution < -0.4 is 0 Å². The summed E-state index contributed by atoms with van der Waals surface area (Å²) >= 11 is 0. The van der Waals surface area contributed by atoms with Crippen LogP contribution in [0.25, 0.3) is 0 Å². The first-order chi connectivity index (χ1) is 8.97. The first-order valence-electron chi connectivity index (χ1n) is 6.45. The summed E-state index contributed by atoms with van der Waals surface area (Å²) in [5.41, 5.74) is 1.00. The minimum absolute atomic E-state index is 0.165. The predicted molar refractivity (Wildman–Crippen MR) is 71.3 cm³/mol. The van der Waals surface area contributed by atoms with E-state index < -0.39 is 10.1 Å². The third-order valence-electron chi connectivity index (χ3n) is 3.43. The molecule has 5 heteroatoms. The number of rotatable bonds is 4. The summed E-state index contributed by atoms with van der Waals surface area (Å²) in [4.78, 5) is 11.3. The van der Waals surface area contributed by atoms with E-state index in [0.29, 0.717) is 12.8 Å². The highest BCUT2D eigenvalue weighted by molar-refractivity contribution is 7.86. The quantitative estimate of drug-likeness (QED) is 0.796. The Morgan fingerprint density at radius 3 is 2.32 bits per heavy atom. The summed E-state index contributed by atoms with van der Waals surface area (Å²) < 4.78 is 29.0. The fourth-order valence-electron chi connectivity index (χ4n) is 2.13. The summed E-state index contributed by atoms with van der Waals surface area (Å²) in [5.74, 6) is 0.426. The Kier molecular flexibility index (Phi) is 4.37. The molecule has 0 amide bonds. The number of aryl methyl sites for hydroxylation is 1. The lowest BCUT2D eigenvalue weighted by molar-refractivity contribution is -0.121. The van der Waals surface area contributed by atoms with E-state index in [1.165, 1.54) is 0 Å². The molecule has 1 fully saturated rings. The molecular weight excluding hydrogens is 264 g/mol. The standard InChI is InChI=1S/C14H18O4S/c1-11-2-8-14(9-3-11)19(16,17)18-10-12-4-6-13(15)7-5-12/h2-3,8-9,12H,4-7,10H2,1H3. The van der Waals surface area contributed by atoms with Crippen molar-refractivity contribution in [3.05, 3.63) is 29.8 Å². The fourth-order valence-corrected chi connectivity index (χ4v) is 3.10. The van der Waals surface area contributed by atoms with Gasteiger partial charge in [0.1, 0.15) is 5.78 Å². The van der Waals surface area contributed by atoms with E-state index in [2.05, 4.69) is 0 Å². The SMILES string of the molecule is Cc1ccc(S(=O)(=O)OCC2CCC(=O)CC2)cc1. The monoisotopic (exact) mass is 282 g/mol. The molecule has 1 aromatic carbocycles. The molecule has 0 aromatic heterocycles. The lowest BCUT2D eigenvalue weighted by Gasteiger charge is -2.20. The zero-order chi connectivity index (χ0) is 13.9. The van der Waals surface area contributed by atoms with Crippen molar-refractivity contribution in [2.45, 2.75) is 37.5 Å². The van der Waals surface area contributed by atoms with E-state index in [0.717, 1.165) is 18.4 Å². The molecule has 4 nitrogen and oxygen atoms in total. The van der Waals surface area contributed by atoms with Gasteiger partial charge in [-0.25, -0.2) is 0 Å². The molecule has 0 heterocycles. The Morgan fingerprint density at radius 2 is 1.74 bits per heavy atom. The fraction of sp³-hybridized carbons (Fsp3) is 0.500. The third-order valence-corrected chi connectivity index (χ3v) is 4.73. The van der Waals surface area contributed by atoms with E-state index in [-0.39, 0.29) is 23.2 Å². The van der Waals surface area contributed by atoms with Crippen LogP contribution in [0.3, 0.4) is 0 Å². The maximum atomic E-state index is 12.0. The van der Waals surface area contributed by atoms with Crippen molar-refractivity contribution in [2.75, 3.05) is 6.61 Å². The predicted octanol–water partition coefficient (Wildman–Crippen LogP) is 2.46. The number of benzene rings is 1. The third kappa shape index (κ3) is 3.88. The van der Waals surface area contributed by atoms with Crippen molar-refractivity contribution < 1.29 is 17.4 Å². The van der Waals surface area contributed by atoms with E-state index >= 15 is 0 Å². The maximum Gasteiger partial charge on any atom is 0.296 e. The molecule has 1 aromatic rings. The number of carbonyl (C=O) groups is 1. The van der Waals surface area contributed by atoms with Crippen molar-refractivity contribution in [2.24, 2.45) is 5.92 Å². The van der Waals surface area contributed by atoms with Crippen molar-refractivity contribution in [1.82, 2.24) is 0 Å². The average molecular weight is 282 g/mol. The minimum atomic E-state index is -3.67. The van der Waals surface area contributed by atoms with Gasteiger partial charge in [0.05, 0.1) is 11.5 Å². The van der Waals surface area contributed by atoms with Gasteiger partial charge < -0.3 is 0 Å². The summed E-state index contributed by atoms with van der Waals surface area (Å²) in [6, 6.07) is 6.59. The van der Waals surface area contributed by atoms with E-state index in [9.17, 15) is 13.2 Å². The van der Waals surface area contributed by atoms with Crippen LogP contribution in [0.5, 0.6) is 0 Å². The smallest absolute Gasteiger partial charge is 0.296 e. The van der Waals surface area contributed by atoms with Crippen LogP contribution in [-0.2, 0) is 19.1 Å². The van der Waals surface area contributed by atoms with Gasteiger partial charge >= 0.3 is 0 Å². The van der Waals surface area contributed by atoms with Crippen molar-refractivity contribution in [1.29, 1.82) is 0 Å². The lowest BCUT2D eigenvalue weighted by Crippen LogP contribution is -2.20.